The van der Waals surface area contributed by atoms with Crippen molar-refractivity contribution in [1.29, 1.82) is 0 Å². The van der Waals surface area contributed by atoms with Crippen molar-refractivity contribution in [3.8, 4) is 19.5 Å². The van der Waals surface area contributed by atoms with E-state index in [1.165, 1.54) is 12.2 Å². The van der Waals surface area contributed by atoms with Gasteiger partial charge in [0.05, 0.1) is 19.5 Å². The molecule has 0 unspecified atom stereocenters. The maximum Gasteiger partial charge on any atom is 0.372 e. The molecule has 40 heavy (non-hydrogen) atoms. The molecule has 6 rings (SSSR count). The van der Waals surface area contributed by atoms with Crippen LogP contribution in [-0.2, 0) is 0 Å². The molecule has 0 fully saturated rings. The van der Waals surface area contributed by atoms with E-state index in [1.54, 1.807) is 0 Å². The van der Waals surface area contributed by atoms with Gasteiger partial charge in [-0.1, -0.05) is 12.2 Å². The first-order chi connectivity index (χ1) is 18.7. The van der Waals surface area contributed by atoms with Gasteiger partial charge >= 0.3 is 11.8 Å². The van der Waals surface area contributed by atoms with Gasteiger partial charge in [0.25, 0.3) is 11.6 Å². The van der Waals surface area contributed by atoms with E-state index < -0.39 is 72.8 Å². The summed E-state index contributed by atoms with van der Waals surface area (Å²) >= 11 is 1.98. The van der Waals surface area contributed by atoms with Crippen LogP contribution in [0.1, 0.15) is 73.6 Å². The highest BCUT2D eigenvalue weighted by Gasteiger charge is 2.59. The summed E-state index contributed by atoms with van der Waals surface area (Å²) in [6, 6.07) is 2.13. The molecule has 0 saturated carbocycles. The number of thiophene rings is 3. The van der Waals surface area contributed by atoms with Crippen LogP contribution in [0.25, 0.3) is 19.5 Å². The number of alkyl halides is 4. The number of hydrogen-bond donors (Lipinski definition) is 0. The van der Waals surface area contributed by atoms with Gasteiger partial charge in [0.15, 0.2) is 11.6 Å². The lowest BCUT2D eigenvalue weighted by atomic mass is 9.76. The van der Waals surface area contributed by atoms with E-state index >= 15 is 0 Å². The average Bonchev–Trinajstić information content (AvgIpc) is 3.70. The zero-order valence-corrected chi connectivity index (χ0v) is 22.3. The van der Waals surface area contributed by atoms with Crippen molar-refractivity contribution in [2.75, 3.05) is 0 Å². The van der Waals surface area contributed by atoms with Crippen molar-refractivity contribution in [3.63, 3.8) is 0 Å². The fourth-order valence-corrected chi connectivity index (χ4v) is 9.01. The Bertz CT molecular complexity index is 1620. The molecule has 3 aliphatic carbocycles. The van der Waals surface area contributed by atoms with E-state index in [2.05, 4.69) is 13.2 Å². The Morgan fingerprint density at radius 1 is 0.575 bits per heavy atom. The molecule has 0 radical (unpaired) electrons. The molecule has 3 aromatic heterocycles. The Hall–Kier alpha value is -3.68. The molecule has 13 heteroatoms. The highest BCUT2D eigenvalue weighted by atomic mass is 32.1. The van der Waals surface area contributed by atoms with Gasteiger partial charge < -0.3 is 0 Å². The molecule has 0 N–H and O–H groups in total. The third-order valence-electron chi connectivity index (χ3n) is 7.17. The first-order valence-electron chi connectivity index (χ1n) is 11.5. The Kier molecular flexibility index (Phi) is 5.43. The lowest BCUT2D eigenvalue weighted by molar-refractivity contribution is 0.0187. The van der Waals surface area contributed by atoms with Crippen LogP contribution in [0.4, 0.5) is 17.6 Å². The van der Waals surface area contributed by atoms with Gasteiger partial charge in [-0.2, -0.15) is 17.6 Å². The fourth-order valence-electron chi connectivity index (χ4n) is 5.25. The van der Waals surface area contributed by atoms with E-state index in [1.807, 2.05) is 0 Å². The Labute approximate surface area is 233 Å². The van der Waals surface area contributed by atoms with Crippen LogP contribution in [0.2, 0.25) is 0 Å². The molecule has 3 aromatic rings. The predicted molar refractivity (Wildman–Crippen MR) is 139 cm³/mol. The second-order valence-corrected chi connectivity index (χ2v) is 12.5. The quantitative estimate of drug-likeness (QED) is 0.175. The smallest absolute Gasteiger partial charge is 0.293 e. The minimum atomic E-state index is -4.20. The molecule has 6 nitrogen and oxygen atoms in total. The standard InChI is InChI=1S/C27H12F4O6S3/c1-3-5-25(6-4-2)21(34)13-14(22(25)35)18(12-8-10-16(39-12)24(37)27(30,31)20(10)33)40-17(13)11-7-9-15(38-11)23(36)26(28,29)19(9)32/h3-4,7-8H,1-2,5-6H2. The molecule has 0 aromatic carbocycles. The van der Waals surface area contributed by atoms with E-state index in [0.29, 0.717) is 22.7 Å². The molecule has 202 valence electrons. The maximum atomic E-state index is 14.0. The Balaban J connectivity index is 1.60. The molecule has 0 spiro atoms. The third-order valence-corrected chi connectivity index (χ3v) is 11.0. The molecule has 0 bridgehead atoms. The normalized spacial score (nSPS) is 19.8. The summed E-state index contributed by atoms with van der Waals surface area (Å²) in [5.41, 5.74) is -2.82. The van der Waals surface area contributed by atoms with Crippen LogP contribution in [-0.4, -0.2) is 46.5 Å². The first kappa shape index (κ1) is 26.5. The number of carbonyl (C=O) groups is 6. The van der Waals surface area contributed by atoms with E-state index in [9.17, 15) is 46.3 Å². The van der Waals surface area contributed by atoms with Crippen LogP contribution < -0.4 is 0 Å². The minimum absolute atomic E-state index is 0.0802. The summed E-state index contributed by atoms with van der Waals surface area (Å²) in [5.74, 6) is -16.3. The van der Waals surface area contributed by atoms with Gasteiger partial charge in [0.2, 0.25) is 11.6 Å². The van der Waals surface area contributed by atoms with Crippen molar-refractivity contribution in [2.45, 2.75) is 24.7 Å². The number of fused-ring (bicyclic) bond motifs is 3. The SMILES string of the molecule is C=CCC1(CC=C)C(=O)c2c(-c3cc4c(s3)C(=O)C(F)(F)C4=O)sc(-c3cc4c(s3)C(=O)C(F)(F)C4=O)c2C1=O. The van der Waals surface area contributed by atoms with Gasteiger partial charge in [0.1, 0.15) is 5.41 Å². The molecular formula is C27H12F4O6S3. The first-order valence-corrected chi connectivity index (χ1v) is 13.9. The van der Waals surface area contributed by atoms with Crippen molar-refractivity contribution < 1.29 is 46.3 Å². The number of halogens is 4. The Morgan fingerprint density at radius 3 is 1.27 bits per heavy atom. The number of ketones is 6. The van der Waals surface area contributed by atoms with Crippen LogP contribution in [0.5, 0.6) is 0 Å². The van der Waals surface area contributed by atoms with Gasteiger partial charge in [-0.05, 0) is 25.0 Å². The predicted octanol–water partition coefficient (Wildman–Crippen LogP) is 6.75. The second kappa shape index (κ2) is 8.18. The summed E-state index contributed by atoms with van der Waals surface area (Å²) < 4.78 is 56.0. The Morgan fingerprint density at radius 2 is 0.950 bits per heavy atom. The molecule has 0 amide bonds. The second-order valence-electron chi connectivity index (χ2n) is 9.41. The summed E-state index contributed by atoms with van der Waals surface area (Å²) in [4.78, 5) is 76.1. The third kappa shape index (κ3) is 3.02. The molecular weight excluding hydrogens is 592 g/mol. The van der Waals surface area contributed by atoms with E-state index in [4.69, 9.17) is 0 Å². The summed E-state index contributed by atoms with van der Waals surface area (Å²) in [6.07, 6.45) is 2.60. The maximum absolute atomic E-state index is 14.0. The average molecular weight is 605 g/mol. The topological polar surface area (TPSA) is 102 Å². The zero-order chi connectivity index (χ0) is 29.1. The van der Waals surface area contributed by atoms with Crippen molar-refractivity contribution in [1.82, 2.24) is 0 Å². The summed E-state index contributed by atoms with van der Waals surface area (Å²) in [6.45, 7) is 7.26. The number of hydrogen-bond acceptors (Lipinski definition) is 9. The van der Waals surface area contributed by atoms with E-state index in [0.717, 1.165) is 23.5 Å². The van der Waals surface area contributed by atoms with Crippen LogP contribution in [0.15, 0.2) is 37.4 Å². The highest BCUT2D eigenvalue weighted by Crippen LogP contribution is 2.57. The minimum Gasteiger partial charge on any atom is -0.293 e. The molecule has 0 atom stereocenters. The molecule has 3 aliphatic rings. The summed E-state index contributed by atoms with van der Waals surface area (Å²) in [7, 11) is 0. The highest BCUT2D eigenvalue weighted by molar-refractivity contribution is 7.28. The summed E-state index contributed by atoms with van der Waals surface area (Å²) in [5, 5.41) is 0. The molecule has 0 aliphatic heterocycles. The van der Waals surface area contributed by atoms with Gasteiger partial charge in [-0.3, -0.25) is 28.8 Å². The largest absolute Gasteiger partial charge is 0.372 e. The van der Waals surface area contributed by atoms with Crippen LogP contribution in [0.3, 0.4) is 0 Å². The number of Topliss-reactive ketones (excluding diaryl/α,β-unsaturated/α-hetero) is 6. The van der Waals surface area contributed by atoms with Crippen molar-refractivity contribution in [2.24, 2.45) is 5.41 Å². The lowest BCUT2D eigenvalue weighted by Gasteiger charge is -2.23. The molecule has 3 heterocycles. The number of carbonyl (C=O) groups excluding carboxylic acids is 6. The van der Waals surface area contributed by atoms with Crippen molar-refractivity contribution >= 4 is 68.7 Å². The number of rotatable bonds is 6. The van der Waals surface area contributed by atoms with Gasteiger partial charge in [-0.15, -0.1) is 47.2 Å². The van der Waals surface area contributed by atoms with E-state index in [-0.39, 0.29) is 43.5 Å². The lowest BCUT2D eigenvalue weighted by Crippen LogP contribution is -2.32. The molecule has 0 saturated heterocycles. The number of allylic oxidation sites excluding steroid dienone is 2. The van der Waals surface area contributed by atoms with Gasteiger partial charge in [0, 0.05) is 32.0 Å². The van der Waals surface area contributed by atoms with Gasteiger partial charge in [-0.25, -0.2) is 0 Å². The monoisotopic (exact) mass is 604 g/mol. The van der Waals surface area contributed by atoms with Crippen LogP contribution >= 0.6 is 34.0 Å². The fraction of sp³-hybridized carbons (Fsp3) is 0.185. The zero-order valence-electron chi connectivity index (χ0n) is 19.8. The van der Waals surface area contributed by atoms with Crippen LogP contribution in [0, 0.1) is 5.41 Å². The van der Waals surface area contributed by atoms with Crippen molar-refractivity contribution in [3.05, 3.63) is 69.5 Å².